The molecule has 0 atom stereocenters. The topological polar surface area (TPSA) is 54.6 Å². The molecule has 1 aliphatic rings. The maximum absolute atomic E-state index is 11.1. The fourth-order valence-electron chi connectivity index (χ4n) is 2.64. The molecule has 122 valence electrons. The standard InChI is InChI=1S/C18H22N2O3/c21-18-7-4-16(14-19-18)15-2-5-17(6-3-15)23-11-1-8-20-9-12-22-13-10-20/h2-7,14H,1,8-13H2,(H,19,21). The van der Waals surface area contributed by atoms with E-state index in [1.54, 1.807) is 6.20 Å². The lowest BCUT2D eigenvalue weighted by Crippen LogP contribution is -2.37. The minimum Gasteiger partial charge on any atom is -0.494 e. The van der Waals surface area contributed by atoms with Crippen molar-refractivity contribution in [1.29, 1.82) is 0 Å². The molecule has 0 saturated carbocycles. The highest BCUT2D eigenvalue weighted by Crippen LogP contribution is 2.21. The molecule has 1 fully saturated rings. The van der Waals surface area contributed by atoms with E-state index in [0.717, 1.165) is 62.8 Å². The van der Waals surface area contributed by atoms with Crippen molar-refractivity contribution in [2.45, 2.75) is 6.42 Å². The molecule has 1 aromatic carbocycles. The van der Waals surface area contributed by atoms with Gasteiger partial charge >= 0.3 is 0 Å². The van der Waals surface area contributed by atoms with Gasteiger partial charge in [0, 0.05) is 31.9 Å². The van der Waals surface area contributed by atoms with Crippen LogP contribution in [0.2, 0.25) is 0 Å². The minimum atomic E-state index is -0.0889. The molecule has 2 heterocycles. The highest BCUT2D eigenvalue weighted by Gasteiger charge is 2.09. The fraction of sp³-hybridized carbons (Fsp3) is 0.389. The Bertz CT molecular complexity index is 640. The zero-order valence-corrected chi connectivity index (χ0v) is 13.2. The molecule has 3 rings (SSSR count). The van der Waals surface area contributed by atoms with Crippen LogP contribution in [0.3, 0.4) is 0 Å². The Kier molecular flexibility index (Phi) is 5.45. The first-order valence-corrected chi connectivity index (χ1v) is 8.03. The molecule has 0 radical (unpaired) electrons. The highest BCUT2D eigenvalue weighted by atomic mass is 16.5. The van der Waals surface area contributed by atoms with E-state index in [9.17, 15) is 4.79 Å². The minimum absolute atomic E-state index is 0.0889. The first kappa shape index (κ1) is 15.8. The van der Waals surface area contributed by atoms with Gasteiger partial charge in [0.1, 0.15) is 5.75 Å². The number of aromatic nitrogens is 1. The lowest BCUT2D eigenvalue weighted by atomic mass is 10.1. The molecule has 1 aliphatic heterocycles. The Hall–Kier alpha value is -2.11. The van der Waals surface area contributed by atoms with Crippen LogP contribution in [-0.4, -0.2) is 49.3 Å². The number of morpholine rings is 1. The second-order valence-electron chi connectivity index (χ2n) is 5.62. The van der Waals surface area contributed by atoms with Crippen molar-refractivity contribution in [3.8, 4) is 16.9 Å². The van der Waals surface area contributed by atoms with E-state index in [-0.39, 0.29) is 5.56 Å². The number of nitrogens with one attached hydrogen (secondary N) is 1. The van der Waals surface area contributed by atoms with Gasteiger partial charge in [-0.05, 0) is 35.7 Å². The van der Waals surface area contributed by atoms with Crippen molar-refractivity contribution >= 4 is 0 Å². The Morgan fingerprint density at radius 1 is 1.04 bits per heavy atom. The van der Waals surface area contributed by atoms with Crippen molar-refractivity contribution in [2.24, 2.45) is 0 Å². The molecule has 5 heteroatoms. The van der Waals surface area contributed by atoms with Gasteiger partial charge in [0.2, 0.25) is 5.56 Å². The summed E-state index contributed by atoms with van der Waals surface area (Å²) in [6, 6.07) is 11.3. The van der Waals surface area contributed by atoms with Crippen LogP contribution in [0.1, 0.15) is 6.42 Å². The third kappa shape index (κ3) is 4.68. The van der Waals surface area contributed by atoms with Crippen molar-refractivity contribution in [1.82, 2.24) is 9.88 Å². The summed E-state index contributed by atoms with van der Waals surface area (Å²) in [6.07, 6.45) is 2.74. The molecule has 1 aromatic heterocycles. The molecule has 0 aliphatic carbocycles. The number of ether oxygens (including phenoxy) is 2. The Morgan fingerprint density at radius 3 is 2.48 bits per heavy atom. The summed E-state index contributed by atoms with van der Waals surface area (Å²) in [5, 5.41) is 0. The van der Waals surface area contributed by atoms with Gasteiger partial charge in [-0.2, -0.15) is 0 Å². The second kappa shape index (κ2) is 7.94. The van der Waals surface area contributed by atoms with Crippen molar-refractivity contribution in [3.63, 3.8) is 0 Å². The summed E-state index contributed by atoms with van der Waals surface area (Å²) < 4.78 is 11.1. The molecular weight excluding hydrogens is 292 g/mol. The van der Waals surface area contributed by atoms with Crippen LogP contribution in [0.25, 0.3) is 11.1 Å². The molecule has 0 spiro atoms. The summed E-state index contributed by atoms with van der Waals surface area (Å²) in [4.78, 5) is 16.2. The van der Waals surface area contributed by atoms with Gasteiger partial charge in [-0.1, -0.05) is 12.1 Å². The lowest BCUT2D eigenvalue weighted by molar-refractivity contribution is 0.0358. The number of benzene rings is 1. The molecule has 0 unspecified atom stereocenters. The monoisotopic (exact) mass is 314 g/mol. The summed E-state index contributed by atoms with van der Waals surface area (Å²) >= 11 is 0. The number of pyridine rings is 1. The Balaban J connectivity index is 1.45. The summed E-state index contributed by atoms with van der Waals surface area (Å²) in [6.45, 7) is 5.50. The van der Waals surface area contributed by atoms with Crippen LogP contribution in [0, 0.1) is 0 Å². The normalized spacial score (nSPS) is 15.5. The number of H-pyrrole nitrogens is 1. The zero-order chi connectivity index (χ0) is 15.9. The third-order valence-corrected chi connectivity index (χ3v) is 3.96. The molecule has 1 saturated heterocycles. The number of nitrogens with zero attached hydrogens (tertiary/aromatic N) is 1. The lowest BCUT2D eigenvalue weighted by Gasteiger charge is -2.26. The van der Waals surface area contributed by atoms with Crippen LogP contribution in [0.4, 0.5) is 0 Å². The summed E-state index contributed by atoms with van der Waals surface area (Å²) in [5.74, 6) is 0.875. The van der Waals surface area contributed by atoms with Gasteiger partial charge in [0.15, 0.2) is 0 Å². The number of hydrogen-bond acceptors (Lipinski definition) is 4. The maximum atomic E-state index is 11.1. The van der Waals surface area contributed by atoms with Crippen molar-refractivity contribution in [3.05, 3.63) is 52.9 Å². The van der Waals surface area contributed by atoms with E-state index >= 15 is 0 Å². The molecule has 0 bridgehead atoms. The zero-order valence-electron chi connectivity index (χ0n) is 13.2. The van der Waals surface area contributed by atoms with E-state index in [1.165, 1.54) is 6.07 Å². The van der Waals surface area contributed by atoms with E-state index in [2.05, 4.69) is 9.88 Å². The molecule has 23 heavy (non-hydrogen) atoms. The van der Waals surface area contributed by atoms with E-state index in [1.807, 2.05) is 30.3 Å². The van der Waals surface area contributed by atoms with E-state index in [4.69, 9.17) is 9.47 Å². The van der Waals surface area contributed by atoms with Gasteiger partial charge in [0.05, 0.1) is 19.8 Å². The number of hydrogen-bond donors (Lipinski definition) is 1. The fourth-order valence-corrected chi connectivity index (χ4v) is 2.64. The van der Waals surface area contributed by atoms with Crippen LogP contribution in [0.5, 0.6) is 5.75 Å². The maximum Gasteiger partial charge on any atom is 0.247 e. The largest absolute Gasteiger partial charge is 0.494 e. The van der Waals surface area contributed by atoms with Crippen molar-refractivity contribution < 1.29 is 9.47 Å². The van der Waals surface area contributed by atoms with Crippen LogP contribution in [-0.2, 0) is 4.74 Å². The van der Waals surface area contributed by atoms with Crippen LogP contribution in [0.15, 0.2) is 47.4 Å². The molecule has 2 aromatic rings. The van der Waals surface area contributed by atoms with E-state index in [0.29, 0.717) is 0 Å². The predicted octanol–water partition coefficient (Wildman–Crippen LogP) is 2.14. The first-order valence-electron chi connectivity index (χ1n) is 8.03. The average molecular weight is 314 g/mol. The first-order chi connectivity index (χ1) is 11.3. The molecule has 5 nitrogen and oxygen atoms in total. The smallest absolute Gasteiger partial charge is 0.247 e. The van der Waals surface area contributed by atoms with Gasteiger partial charge in [-0.3, -0.25) is 9.69 Å². The molecule has 0 amide bonds. The van der Waals surface area contributed by atoms with Gasteiger partial charge in [-0.15, -0.1) is 0 Å². The highest BCUT2D eigenvalue weighted by molar-refractivity contribution is 5.62. The van der Waals surface area contributed by atoms with Crippen molar-refractivity contribution in [2.75, 3.05) is 39.5 Å². The van der Waals surface area contributed by atoms with Crippen LogP contribution < -0.4 is 10.3 Å². The van der Waals surface area contributed by atoms with Gasteiger partial charge in [0.25, 0.3) is 0 Å². The Morgan fingerprint density at radius 2 is 1.78 bits per heavy atom. The molecular formula is C18H22N2O3. The van der Waals surface area contributed by atoms with Crippen LogP contribution >= 0.6 is 0 Å². The Labute approximate surface area is 135 Å². The number of aromatic amines is 1. The summed E-state index contributed by atoms with van der Waals surface area (Å²) in [5.41, 5.74) is 1.96. The third-order valence-electron chi connectivity index (χ3n) is 3.96. The van der Waals surface area contributed by atoms with Gasteiger partial charge in [-0.25, -0.2) is 0 Å². The second-order valence-corrected chi connectivity index (χ2v) is 5.62. The molecule has 1 N–H and O–H groups in total. The van der Waals surface area contributed by atoms with Gasteiger partial charge < -0.3 is 14.5 Å². The predicted molar refractivity (Wildman–Crippen MR) is 89.9 cm³/mol. The SMILES string of the molecule is O=c1ccc(-c2ccc(OCCCN3CCOCC3)cc2)c[nH]1. The number of rotatable bonds is 6. The van der Waals surface area contributed by atoms with E-state index < -0.39 is 0 Å². The summed E-state index contributed by atoms with van der Waals surface area (Å²) in [7, 11) is 0. The average Bonchev–Trinajstić information content (AvgIpc) is 2.61. The quantitative estimate of drug-likeness (QED) is 0.830.